The van der Waals surface area contributed by atoms with E-state index in [0.717, 1.165) is 16.8 Å². The zero-order valence-electron chi connectivity index (χ0n) is 12.4. The highest BCUT2D eigenvalue weighted by atomic mass is 32.2. The van der Waals surface area contributed by atoms with Crippen LogP contribution < -0.4 is 4.90 Å². The molecule has 1 amide bonds. The molecule has 3 rings (SSSR count). The van der Waals surface area contributed by atoms with Crippen molar-refractivity contribution in [2.75, 3.05) is 4.90 Å². The lowest BCUT2D eigenvalue weighted by Crippen LogP contribution is -2.28. The number of hydrogen-bond donors (Lipinski definition) is 0. The Balaban J connectivity index is 1.97. The van der Waals surface area contributed by atoms with Crippen LogP contribution in [0.25, 0.3) is 6.08 Å². The van der Waals surface area contributed by atoms with Crippen LogP contribution in [0, 0.1) is 13.8 Å². The Labute approximate surface area is 139 Å². The van der Waals surface area contributed by atoms with E-state index in [4.69, 9.17) is 12.2 Å². The van der Waals surface area contributed by atoms with Crippen molar-refractivity contribution in [3.05, 3.63) is 70.1 Å². The molecule has 22 heavy (non-hydrogen) atoms. The molecule has 110 valence electrons. The van der Waals surface area contributed by atoms with E-state index in [1.165, 1.54) is 17.3 Å². The monoisotopic (exact) mass is 325 g/mol. The van der Waals surface area contributed by atoms with Gasteiger partial charge < -0.3 is 0 Å². The van der Waals surface area contributed by atoms with Crippen LogP contribution in [0.3, 0.4) is 0 Å². The smallest absolute Gasteiger partial charge is 0.268 e. The zero-order valence-corrected chi connectivity index (χ0v) is 14.0. The minimum absolute atomic E-state index is 0.0502. The van der Waals surface area contributed by atoms with E-state index in [1.807, 2.05) is 62.4 Å². The highest BCUT2D eigenvalue weighted by Crippen LogP contribution is 2.37. The highest BCUT2D eigenvalue weighted by molar-refractivity contribution is 8.27. The Morgan fingerprint density at radius 1 is 1.09 bits per heavy atom. The van der Waals surface area contributed by atoms with Crippen molar-refractivity contribution in [2.24, 2.45) is 0 Å². The lowest BCUT2D eigenvalue weighted by atomic mass is 10.1. The quantitative estimate of drug-likeness (QED) is 0.589. The highest BCUT2D eigenvalue weighted by Gasteiger charge is 2.33. The molecule has 2 aromatic carbocycles. The van der Waals surface area contributed by atoms with Crippen molar-refractivity contribution in [3.8, 4) is 0 Å². The molecule has 1 heterocycles. The minimum Gasteiger partial charge on any atom is -0.268 e. The van der Waals surface area contributed by atoms with E-state index in [1.54, 1.807) is 4.90 Å². The van der Waals surface area contributed by atoms with Gasteiger partial charge in [0.1, 0.15) is 0 Å². The van der Waals surface area contributed by atoms with Crippen LogP contribution in [-0.2, 0) is 4.79 Å². The molecule has 0 radical (unpaired) electrons. The summed E-state index contributed by atoms with van der Waals surface area (Å²) in [6.07, 6.45) is 1.91. The maximum absolute atomic E-state index is 12.7. The topological polar surface area (TPSA) is 20.3 Å². The molecule has 2 aromatic rings. The third-order valence-corrected chi connectivity index (χ3v) is 4.79. The molecule has 1 aliphatic heterocycles. The van der Waals surface area contributed by atoms with Gasteiger partial charge >= 0.3 is 0 Å². The fraction of sp³-hybridized carbons (Fsp3) is 0.111. The molecule has 1 fully saturated rings. The molecular formula is C18H15NOS2. The SMILES string of the molecule is Cc1cccc(/C=C2\SC(=S)N(c3ccccc3C)C2=O)c1. The summed E-state index contributed by atoms with van der Waals surface area (Å²) in [6, 6.07) is 15.9. The van der Waals surface area contributed by atoms with Gasteiger partial charge in [-0.25, -0.2) is 0 Å². The summed E-state index contributed by atoms with van der Waals surface area (Å²) < 4.78 is 0.582. The molecule has 2 nitrogen and oxygen atoms in total. The van der Waals surface area contributed by atoms with Crippen LogP contribution in [0.5, 0.6) is 0 Å². The third kappa shape index (κ3) is 2.85. The Kier molecular flexibility index (Phi) is 4.14. The van der Waals surface area contributed by atoms with E-state index in [0.29, 0.717) is 9.23 Å². The van der Waals surface area contributed by atoms with Crippen LogP contribution >= 0.6 is 24.0 Å². The first-order valence-corrected chi connectivity index (χ1v) is 8.19. The van der Waals surface area contributed by atoms with Gasteiger partial charge in [0, 0.05) is 0 Å². The molecule has 0 aromatic heterocycles. The molecule has 0 N–H and O–H groups in total. The lowest BCUT2D eigenvalue weighted by molar-refractivity contribution is -0.113. The number of amides is 1. The van der Waals surface area contributed by atoms with Gasteiger partial charge in [0.25, 0.3) is 5.91 Å². The van der Waals surface area contributed by atoms with Gasteiger partial charge in [-0.3, -0.25) is 9.69 Å². The number of anilines is 1. The summed E-state index contributed by atoms with van der Waals surface area (Å²) in [6.45, 7) is 4.02. The van der Waals surface area contributed by atoms with E-state index < -0.39 is 0 Å². The fourth-order valence-electron chi connectivity index (χ4n) is 2.40. The average Bonchev–Trinajstić information content (AvgIpc) is 2.74. The number of aryl methyl sites for hydroxylation is 2. The molecular weight excluding hydrogens is 310 g/mol. The molecule has 4 heteroatoms. The van der Waals surface area contributed by atoms with Crippen LogP contribution in [-0.4, -0.2) is 10.2 Å². The van der Waals surface area contributed by atoms with Gasteiger partial charge in [-0.2, -0.15) is 0 Å². The van der Waals surface area contributed by atoms with Gasteiger partial charge in [-0.15, -0.1) is 0 Å². The molecule has 1 saturated heterocycles. The van der Waals surface area contributed by atoms with Gasteiger partial charge in [-0.1, -0.05) is 72.0 Å². The Hall–Kier alpha value is -1.91. The van der Waals surface area contributed by atoms with Crippen molar-refractivity contribution < 1.29 is 4.79 Å². The second kappa shape index (κ2) is 6.07. The number of carbonyl (C=O) groups is 1. The number of benzene rings is 2. The van der Waals surface area contributed by atoms with Crippen LogP contribution in [0.15, 0.2) is 53.4 Å². The number of carbonyl (C=O) groups excluding carboxylic acids is 1. The van der Waals surface area contributed by atoms with Gasteiger partial charge in [0.2, 0.25) is 0 Å². The molecule has 0 spiro atoms. The normalized spacial score (nSPS) is 16.6. The predicted molar refractivity (Wildman–Crippen MR) is 98.0 cm³/mol. The Morgan fingerprint density at radius 2 is 1.86 bits per heavy atom. The van der Waals surface area contributed by atoms with Gasteiger partial charge in [0.05, 0.1) is 10.6 Å². The minimum atomic E-state index is -0.0502. The number of para-hydroxylation sites is 1. The first-order chi connectivity index (χ1) is 10.6. The summed E-state index contributed by atoms with van der Waals surface area (Å²) in [5, 5.41) is 0. The fourth-order valence-corrected chi connectivity index (χ4v) is 3.69. The van der Waals surface area contributed by atoms with Crippen LogP contribution in [0.2, 0.25) is 0 Å². The maximum Gasteiger partial charge on any atom is 0.270 e. The van der Waals surface area contributed by atoms with Crippen LogP contribution in [0.1, 0.15) is 16.7 Å². The summed E-state index contributed by atoms with van der Waals surface area (Å²) in [5.41, 5.74) is 4.08. The largest absolute Gasteiger partial charge is 0.270 e. The summed E-state index contributed by atoms with van der Waals surface area (Å²) in [7, 11) is 0. The van der Waals surface area contributed by atoms with Gasteiger partial charge in [-0.05, 0) is 37.1 Å². The standard InChI is InChI=1S/C18H15NOS2/c1-12-6-5-8-14(10-12)11-16-17(20)19(18(21)22-16)15-9-4-3-7-13(15)2/h3-11H,1-2H3/b16-11-. The second-order valence-corrected chi connectivity index (χ2v) is 6.89. The first-order valence-electron chi connectivity index (χ1n) is 6.96. The van der Waals surface area contributed by atoms with E-state index in [-0.39, 0.29) is 5.91 Å². The van der Waals surface area contributed by atoms with E-state index in [2.05, 4.69) is 6.07 Å². The van der Waals surface area contributed by atoms with Crippen molar-refractivity contribution in [2.45, 2.75) is 13.8 Å². The number of thiocarbonyl (C=S) groups is 1. The summed E-state index contributed by atoms with van der Waals surface area (Å²) >= 11 is 6.76. The number of nitrogens with zero attached hydrogens (tertiary/aromatic N) is 1. The van der Waals surface area contributed by atoms with Crippen molar-refractivity contribution >= 4 is 46.0 Å². The average molecular weight is 325 g/mol. The summed E-state index contributed by atoms with van der Waals surface area (Å²) in [5.74, 6) is -0.0502. The Morgan fingerprint density at radius 3 is 2.59 bits per heavy atom. The van der Waals surface area contributed by atoms with Crippen molar-refractivity contribution in [1.82, 2.24) is 0 Å². The summed E-state index contributed by atoms with van der Waals surface area (Å²) in [4.78, 5) is 15.0. The Bertz CT molecular complexity index is 795. The second-order valence-electron chi connectivity index (χ2n) is 5.22. The van der Waals surface area contributed by atoms with Gasteiger partial charge in [0.15, 0.2) is 4.32 Å². The van der Waals surface area contributed by atoms with Crippen molar-refractivity contribution in [1.29, 1.82) is 0 Å². The molecule has 0 saturated carbocycles. The predicted octanol–water partition coefficient (Wildman–Crippen LogP) is 4.71. The third-order valence-electron chi connectivity index (χ3n) is 3.49. The van der Waals surface area contributed by atoms with Crippen molar-refractivity contribution in [3.63, 3.8) is 0 Å². The molecule has 0 bridgehead atoms. The van der Waals surface area contributed by atoms with E-state index in [9.17, 15) is 4.79 Å². The molecule has 0 aliphatic carbocycles. The lowest BCUT2D eigenvalue weighted by Gasteiger charge is -2.16. The molecule has 1 aliphatic rings. The number of thioether (sulfide) groups is 1. The molecule has 0 atom stereocenters. The maximum atomic E-state index is 12.7. The molecule has 0 unspecified atom stereocenters. The number of rotatable bonds is 2. The van der Waals surface area contributed by atoms with E-state index >= 15 is 0 Å². The zero-order chi connectivity index (χ0) is 15.7. The van der Waals surface area contributed by atoms with Crippen LogP contribution in [0.4, 0.5) is 5.69 Å². The first kappa shape index (κ1) is 15.0. The number of hydrogen-bond acceptors (Lipinski definition) is 3.